The van der Waals surface area contributed by atoms with Gasteiger partial charge in [-0.15, -0.1) is 0 Å². The van der Waals surface area contributed by atoms with E-state index in [1.54, 1.807) is 0 Å². The van der Waals surface area contributed by atoms with E-state index in [2.05, 4.69) is 32.6 Å². The average Bonchev–Trinajstić information content (AvgIpc) is 2.62. The molecule has 3 N–H and O–H groups in total. The smallest absolute Gasteiger partial charge is 0.0788 e. The van der Waals surface area contributed by atoms with Crippen molar-refractivity contribution in [3.63, 3.8) is 0 Å². The second-order valence-electron chi connectivity index (χ2n) is 8.15. The Kier molecular flexibility index (Phi) is 3.45. The molecule has 4 heteroatoms. The van der Waals surface area contributed by atoms with Gasteiger partial charge in [-0.25, -0.2) is 0 Å². The Morgan fingerprint density at radius 3 is 2.10 bits per heavy atom. The molecule has 3 heterocycles. The van der Waals surface area contributed by atoms with Gasteiger partial charge in [0.2, 0.25) is 0 Å². The topological polar surface area (TPSA) is 58.7 Å². The quantitative estimate of drug-likeness (QED) is 0.806. The van der Waals surface area contributed by atoms with Gasteiger partial charge in [-0.1, -0.05) is 0 Å². The molecule has 4 unspecified atom stereocenters. The number of nitrogens with two attached hydrogens (primary N) is 1. The normalized spacial score (nSPS) is 46.8. The maximum absolute atomic E-state index is 9.93. The van der Waals surface area contributed by atoms with E-state index in [0.717, 1.165) is 19.4 Å². The van der Waals surface area contributed by atoms with Crippen LogP contribution in [0.15, 0.2) is 0 Å². The first-order valence-electron chi connectivity index (χ1n) is 8.10. The summed E-state index contributed by atoms with van der Waals surface area (Å²) in [5, 5.41) is 9.93. The van der Waals surface area contributed by atoms with E-state index in [-0.39, 0.29) is 23.3 Å². The van der Waals surface area contributed by atoms with Gasteiger partial charge >= 0.3 is 0 Å². The van der Waals surface area contributed by atoms with Crippen molar-refractivity contribution in [1.29, 1.82) is 0 Å². The molecule has 0 aliphatic carbocycles. The largest absolute Gasteiger partial charge is 0.393 e. The number of aliphatic hydroxyl groups is 1. The predicted molar refractivity (Wildman–Crippen MR) is 79.5 cm³/mol. The Bertz CT molecular complexity index is 369. The lowest BCUT2D eigenvalue weighted by Gasteiger charge is -2.41. The summed E-state index contributed by atoms with van der Waals surface area (Å²) in [4.78, 5) is 2.61. The number of aliphatic hydroxyl groups excluding tert-OH is 1. The van der Waals surface area contributed by atoms with Gasteiger partial charge in [0.25, 0.3) is 0 Å². The van der Waals surface area contributed by atoms with Crippen LogP contribution in [0.25, 0.3) is 0 Å². The molecule has 3 fully saturated rings. The summed E-state index contributed by atoms with van der Waals surface area (Å²) in [5.74, 6) is 0.357. The first-order valence-corrected chi connectivity index (χ1v) is 8.10. The summed E-state index contributed by atoms with van der Waals surface area (Å²) in [6.45, 7) is 9.57. The van der Waals surface area contributed by atoms with Crippen LogP contribution >= 0.6 is 0 Å². The zero-order valence-electron chi connectivity index (χ0n) is 13.3. The Morgan fingerprint density at radius 1 is 1.10 bits per heavy atom. The highest BCUT2D eigenvalue weighted by Crippen LogP contribution is 2.44. The van der Waals surface area contributed by atoms with Crippen molar-refractivity contribution in [1.82, 2.24) is 4.90 Å². The lowest BCUT2D eigenvalue weighted by atomic mass is 9.82. The second kappa shape index (κ2) is 4.67. The molecule has 2 bridgehead atoms. The van der Waals surface area contributed by atoms with Crippen LogP contribution in [-0.2, 0) is 4.74 Å². The minimum atomic E-state index is -0.248. The van der Waals surface area contributed by atoms with Crippen molar-refractivity contribution >= 4 is 0 Å². The van der Waals surface area contributed by atoms with E-state index in [9.17, 15) is 5.11 Å². The summed E-state index contributed by atoms with van der Waals surface area (Å²) in [6.07, 6.45) is 4.23. The predicted octanol–water partition coefficient (Wildman–Crippen LogP) is 1.50. The molecule has 0 amide bonds. The zero-order chi connectivity index (χ0) is 14.7. The summed E-state index contributed by atoms with van der Waals surface area (Å²) < 4.78 is 6.21. The van der Waals surface area contributed by atoms with Gasteiger partial charge < -0.3 is 15.6 Å². The third kappa shape index (κ3) is 2.31. The van der Waals surface area contributed by atoms with Crippen LogP contribution in [0.5, 0.6) is 0 Å². The molecule has 3 rings (SSSR count). The highest BCUT2D eigenvalue weighted by atomic mass is 16.5. The molecule has 20 heavy (non-hydrogen) atoms. The van der Waals surface area contributed by atoms with Crippen molar-refractivity contribution < 1.29 is 9.84 Å². The fourth-order valence-electron chi connectivity index (χ4n) is 4.84. The molecule has 4 nitrogen and oxygen atoms in total. The maximum atomic E-state index is 9.93. The van der Waals surface area contributed by atoms with Crippen LogP contribution < -0.4 is 5.73 Å². The van der Waals surface area contributed by atoms with E-state index in [1.165, 1.54) is 12.8 Å². The number of hydrogen-bond donors (Lipinski definition) is 2. The van der Waals surface area contributed by atoms with Gasteiger partial charge in [0.15, 0.2) is 0 Å². The van der Waals surface area contributed by atoms with Gasteiger partial charge in [0, 0.05) is 30.6 Å². The molecule has 116 valence electrons. The van der Waals surface area contributed by atoms with Crippen molar-refractivity contribution in [2.24, 2.45) is 11.7 Å². The fourth-order valence-corrected chi connectivity index (χ4v) is 4.84. The van der Waals surface area contributed by atoms with Gasteiger partial charge in [-0.3, -0.25) is 4.90 Å². The molecule has 3 saturated heterocycles. The first kappa shape index (κ1) is 14.8. The average molecular weight is 282 g/mol. The summed E-state index contributed by atoms with van der Waals surface area (Å²) in [5.41, 5.74) is 6.07. The molecule has 0 aromatic carbocycles. The van der Waals surface area contributed by atoms with Crippen molar-refractivity contribution in [3.05, 3.63) is 0 Å². The number of fused-ring (bicyclic) bond motifs is 2. The SMILES string of the molecule is CC1(C)OC(C)(C)C(CN2C3CCC2CC(O)C3)C1N. The summed E-state index contributed by atoms with van der Waals surface area (Å²) in [7, 11) is 0. The lowest BCUT2D eigenvalue weighted by molar-refractivity contribution is -0.0811. The van der Waals surface area contributed by atoms with Crippen molar-refractivity contribution in [2.45, 2.75) is 88.8 Å². The molecule has 0 saturated carbocycles. The van der Waals surface area contributed by atoms with Crippen LogP contribution in [-0.4, -0.2) is 52.0 Å². The molecular weight excluding hydrogens is 252 g/mol. The monoisotopic (exact) mass is 282 g/mol. The van der Waals surface area contributed by atoms with E-state index in [1.807, 2.05) is 0 Å². The third-order valence-electron chi connectivity index (χ3n) is 5.92. The zero-order valence-corrected chi connectivity index (χ0v) is 13.3. The third-order valence-corrected chi connectivity index (χ3v) is 5.92. The van der Waals surface area contributed by atoms with Crippen LogP contribution in [0.3, 0.4) is 0 Å². The van der Waals surface area contributed by atoms with Crippen LogP contribution in [0.2, 0.25) is 0 Å². The number of rotatable bonds is 2. The first-order chi connectivity index (χ1) is 9.21. The molecule has 4 atom stereocenters. The lowest BCUT2D eigenvalue weighted by Crippen LogP contribution is -2.53. The number of piperidine rings is 1. The molecule has 3 aliphatic heterocycles. The molecule has 0 spiro atoms. The molecule has 0 radical (unpaired) electrons. The van der Waals surface area contributed by atoms with E-state index < -0.39 is 0 Å². The van der Waals surface area contributed by atoms with Crippen molar-refractivity contribution in [2.75, 3.05) is 6.54 Å². The highest BCUT2D eigenvalue weighted by Gasteiger charge is 2.54. The van der Waals surface area contributed by atoms with E-state index >= 15 is 0 Å². The van der Waals surface area contributed by atoms with Crippen LogP contribution in [0.1, 0.15) is 53.4 Å². The molecular formula is C16H30N2O2. The standard InChI is InChI=1S/C16H30N2O2/c1-15(2)13(14(17)16(3,4)20-15)9-18-10-5-6-11(18)8-12(19)7-10/h10-14,19H,5-9,17H2,1-4H3. The van der Waals surface area contributed by atoms with Crippen LogP contribution in [0, 0.1) is 5.92 Å². The van der Waals surface area contributed by atoms with Gasteiger partial charge in [-0.2, -0.15) is 0 Å². The summed E-state index contributed by atoms with van der Waals surface area (Å²) in [6, 6.07) is 1.18. The Hall–Kier alpha value is -0.160. The number of ether oxygens (including phenoxy) is 1. The minimum absolute atomic E-state index is 0.0729. The number of nitrogens with zero attached hydrogens (tertiary/aromatic N) is 1. The Morgan fingerprint density at radius 2 is 1.65 bits per heavy atom. The molecule has 0 aromatic heterocycles. The Balaban J connectivity index is 1.75. The number of hydrogen-bond acceptors (Lipinski definition) is 4. The van der Waals surface area contributed by atoms with E-state index in [4.69, 9.17) is 10.5 Å². The fraction of sp³-hybridized carbons (Fsp3) is 1.00. The van der Waals surface area contributed by atoms with Gasteiger partial charge in [0.05, 0.1) is 17.3 Å². The van der Waals surface area contributed by atoms with Gasteiger partial charge in [0.1, 0.15) is 0 Å². The summed E-state index contributed by atoms with van der Waals surface area (Å²) >= 11 is 0. The van der Waals surface area contributed by atoms with E-state index in [0.29, 0.717) is 18.0 Å². The highest BCUT2D eigenvalue weighted by molar-refractivity contribution is 5.07. The molecule has 0 aromatic rings. The Labute approximate surface area is 122 Å². The van der Waals surface area contributed by atoms with Crippen LogP contribution in [0.4, 0.5) is 0 Å². The second-order valence-corrected chi connectivity index (χ2v) is 8.15. The minimum Gasteiger partial charge on any atom is -0.393 e. The maximum Gasteiger partial charge on any atom is 0.0788 e. The van der Waals surface area contributed by atoms with Crippen molar-refractivity contribution in [3.8, 4) is 0 Å². The van der Waals surface area contributed by atoms with Gasteiger partial charge in [-0.05, 0) is 53.4 Å². The molecule has 3 aliphatic rings.